The second-order valence-electron chi connectivity index (χ2n) is 4.22. The molecule has 1 atom stereocenters. The molecule has 1 aromatic rings. The van der Waals surface area contributed by atoms with Crippen LogP contribution in [0.3, 0.4) is 0 Å². The average Bonchev–Trinajstić information content (AvgIpc) is 2.30. The number of benzene rings is 1. The van der Waals surface area contributed by atoms with Crippen LogP contribution in [-0.2, 0) is 4.74 Å². The molecule has 1 aliphatic heterocycles. The Morgan fingerprint density at radius 1 is 1.50 bits per heavy atom. The summed E-state index contributed by atoms with van der Waals surface area (Å²) in [5, 5.41) is 0. The molecule has 1 aromatic carbocycles. The molecular weight excluding hydrogens is 266 g/mol. The highest BCUT2D eigenvalue weighted by atomic mass is 79.9. The molecule has 16 heavy (non-hydrogen) atoms. The van der Waals surface area contributed by atoms with Crippen LogP contribution in [0, 0.1) is 0 Å². The standard InChI is InChI=1S/C13H18BrNO/c1-2-6-15-7-8-16-13(10-15)11-4-3-5-12(14)9-11/h3-5,9,13H,2,6-8,10H2,1H3. The molecule has 0 spiro atoms. The van der Waals surface area contributed by atoms with E-state index in [1.165, 1.54) is 18.5 Å². The SMILES string of the molecule is CCCN1CCOC(c2cccc(Br)c2)C1. The first kappa shape index (κ1) is 12.1. The zero-order valence-electron chi connectivity index (χ0n) is 9.66. The highest BCUT2D eigenvalue weighted by Gasteiger charge is 2.21. The lowest BCUT2D eigenvalue weighted by Gasteiger charge is -2.33. The first-order valence-electron chi connectivity index (χ1n) is 5.89. The van der Waals surface area contributed by atoms with Gasteiger partial charge in [0.25, 0.3) is 0 Å². The second kappa shape index (κ2) is 5.80. The van der Waals surface area contributed by atoms with Gasteiger partial charge in [0.2, 0.25) is 0 Å². The largest absolute Gasteiger partial charge is 0.371 e. The number of nitrogens with zero attached hydrogens (tertiary/aromatic N) is 1. The van der Waals surface area contributed by atoms with Gasteiger partial charge in [0.05, 0.1) is 12.7 Å². The van der Waals surface area contributed by atoms with Gasteiger partial charge in [-0.3, -0.25) is 4.90 Å². The number of ether oxygens (including phenoxy) is 1. The molecule has 1 aliphatic rings. The predicted octanol–water partition coefficient (Wildman–Crippen LogP) is 3.23. The van der Waals surface area contributed by atoms with Crippen LogP contribution in [0.15, 0.2) is 28.7 Å². The molecule has 0 radical (unpaired) electrons. The lowest BCUT2D eigenvalue weighted by atomic mass is 10.1. The summed E-state index contributed by atoms with van der Waals surface area (Å²) in [6.07, 6.45) is 1.45. The summed E-state index contributed by atoms with van der Waals surface area (Å²) in [5.41, 5.74) is 1.27. The number of rotatable bonds is 3. The normalized spacial score (nSPS) is 22.2. The molecule has 88 valence electrons. The maximum atomic E-state index is 5.83. The van der Waals surface area contributed by atoms with Crippen LogP contribution in [0.2, 0.25) is 0 Å². The molecule has 1 unspecified atom stereocenters. The van der Waals surface area contributed by atoms with Crippen molar-refractivity contribution in [3.05, 3.63) is 34.3 Å². The molecule has 1 saturated heterocycles. The zero-order chi connectivity index (χ0) is 11.4. The first-order valence-corrected chi connectivity index (χ1v) is 6.68. The van der Waals surface area contributed by atoms with Gasteiger partial charge in [-0.05, 0) is 30.7 Å². The van der Waals surface area contributed by atoms with Crippen molar-refractivity contribution in [1.29, 1.82) is 0 Å². The monoisotopic (exact) mass is 283 g/mol. The number of halogens is 1. The molecule has 1 heterocycles. The summed E-state index contributed by atoms with van der Waals surface area (Å²) < 4.78 is 6.96. The van der Waals surface area contributed by atoms with E-state index < -0.39 is 0 Å². The quantitative estimate of drug-likeness (QED) is 0.845. The van der Waals surface area contributed by atoms with Crippen LogP contribution >= 0.6 is 15.9 Å². The van der Waals surface area contributed by atoms with Crippen LogP contribution in [-0.4, -0.2) is 31.1 Å². The summed E-state index contributed by atoms with van der Waals surface area (Å²) in [7, 11) is 0. The molecule has 1 fully saturated rings. The van der Waals surface area contributed by atoms with Gasteiger partial charge in [-0.15, -0.1) is 0 Å². The Labute approximate surface area is 106 Å². The van der Waals surface area contributed by atoms with Crippen LogP contribution in [0.5, 0.6) is 0 Å². The van der Waals surface area contributed by atoms with Crippen LogP contribution in [0.4, 0.5) is 0 Å². The molecule has 2 rings (SSSR count). The summed E-state index contributed by atoms with van der Waals surface area (Å²) in [5.74, 6) is 0. The molecule has 2 nitrogen and oxygen atoms in total. The molecule has 3 heteroatoms. The highest BCUT2D eigenvalue weighted by molar-refractivity contribution is 9.10. The highest BCUT2D eigenvalue weighted by Crippen LogP contribution is 2.24. The van der Waals surface area contributed by atoms with E-state index in [0.717, 1.165) is 24.2 Å². The van der Waals surface area contributed by atoms with Crippen molar-refractivity contribution in [3.8, 4) is 0 Å². The minimum absolute atomic E-state index is 0.234. The van der Waals surface area contributed by atoms with Crippen molar-refractivity contribution in [2.45, 2.75) is 19.4 Å². The van der Waals surface area contributed by atoms with E-state index in [2.05, 4.69) is 52.0 Å². The van der Waals surface area contributed by atoms with Crippen molar-refractivity contribution < 1.29 is 4.74 Å². The van der Waals surface area contributed by atoms with Gasteiger partial charge in [0.15, 0.2) is 0 Å². The van der Waals surface area contributed by atoms with Gasteiger partial charge in [-0.1, -0.05) is 35.0 Å². The smallest absolute Gasteiger partial charge is 0.0952 e. The third kappa shape index (κ3) is 3.06. The summed E-state index contributed by atoms with van der Waals surface area (Å²) >= 11 is 3.51. The maximum Gasteiger partial charge on any atom is 0.0952 e. The fourth-order valence-electron chi connectivity index (χ4n) is 2.13. The van der Waals surface area contributed by atoms with Gasteiger partial charge in [0, 0.05) is 17.6 Å². The van der Waals surface area contributed by atoms with E-state index in [0.29, 0.717) is 0 Å². The Balaban J connectivity index is 2.03. The Bertz CT molecular complexity index is 340. The van der Waals surface area contributed by atoms with Crippen molar-refractivity contribution >= 4 is 15.9 Å². The van der Waals surface area contributed by atoms with Crippen molar-refractivity contribution in [2.75, 3.05) is 26.2 Å². The fraction of sp³-hybridized carbons (Fsp3) is 0.538. The van der Waals surface area contributed by atoms with Gasteiger partial charge in [-0.25, -0.2) is 0 Å². The van der Waals surface area contributed by atoms with E-state index in [4.69, 9.17) is 4.74 Å². The molecule has 0 N–H and O–H groups in total. The lowest BCUT2D eigenvalue weighted by Crippen LogP contribution is -2.38. The van der Waals surface area contributed by atoms with Crippen molar-refractivity contribution in [3.63, 3.8) is 0 Å². The third-order valence-electron chi connectivity index (χ3n) is 2.91. The summed E-state index contributed by atoms with van der Waals surface area (Å²) in [6.45, 7) is 6.33. The average molecular weight is 284 g/mol. The van der Waals surface area contributed by atoms with E-state index in [1.54, 1.807) is 0 Å². The Kier molecular flexibility index (Phi) is 4.38. The molecule has 0 aliphatic carbocycles. The number of hydrogen-bond acceptors (Lipinski definition) is 2. The van der Waals surface area contributed by atoms with Gasteiger partial charge in [0.1, 0.15) is 0 Å². The Hall–Kier alpha value is -0.380. The zero-order valence-corrected chi connectivity index (χ0v) is 11.2. The van der Waals surface area contributed by atoms with Crippen LogP contribution in [0.25, 0.3) is 0 Å². The van der Waals surface area contributed by atoms with E-state index in [-0.39, 0.29) is 6.10 Å². The lowest BCUT2D eigenvalue weighted by molar-refractivity contribution is -0.0298. The maximum absolute atomic E-state index is 5.83. The number of morpholine rings is 1. The molecule has 0 bridgehead atoms. The first-order chi connectivity index (χ1) is 7.79. The Morgan fingerprint density at radius 2 is 2.38 bits per heavy atom. The Morgan fingerprint density at radius 3 is 3.12 bits per heavy atom. The van der Waals surface area contributed by atoms with Gasteiger partial charge in [-0.2, -0.15) is 0 Å². The molecule has 0 aromatic heterocycles. The van der Waals surface area contributed by atoms with E-state index >= 15 is 0 Å². The summed E-state index contributed by atoms with van der Waals surface area (Å²) in [4.78, 5) is 2.48. The van der Waals surface area contributed by atoms with Gasteiger partial charge >= 0.3 is 0 Å². The minimum Gasteiger partial charge on any atom is -0.371 e. The molecule has 0 saturated carbocycles. The van der Waals surface area contributed by atoms with E-state index in [1.807, 2.05) is 0 Å². The van der Waals surface area contributed by atoms with Crippen molar-refractivity contribution in [1.82, 2.24) is 4.90 Å². The fourth-order valence-corrected chi connectivity index (χ4v) is 2.55. The minimum atomic E-state index is 0.234. The number of hydrogen-bond donors (Lipinski definition) is 0. The van der Waals surface area contributed by atoms with Crippen LogP contribution < -0.4 is 0 Å². The molecule has 0 amide bonds. The van der Waals surface area contributed by atoms with Crippen LogP contribution in [0.1, 0.15) is 25.0 Å². The third-order valence-corrected chi connectivity index (χ3v) is 3.40. The van der Waals surface area contributed by atoms with Gasteiger partial charge < -0.3 is 4.74 Å². The predicted molar refractivity (Wildman–Crippen MR) is 69.6 cm³/mol. The topological polar surface area (TPSA) is 12.5 Å². The van der Waals surface area contributed by atoms with Crippen molar-refractivity contribution in [2.24, 2.45) is 0 Å². The summed E-state index contributed by atoms with van der Waals surface area (Å²) in [6, 6.07) is 8.42. The second-order valence-corrected chi connectivity index (χ2v) is 5.13. The van der Waals surface area contributed by atoms with E-state index in [9.17, 15) is 0 Å². The molecular formula is C13H18BrNO.